The second kappa shape index (κ2) is 5.30. The highest BCUT2D eigenvalue weighted by Crippen LogP contribution is 2.25. The van der Waals surface area contributed by atoms with Gasteiger partial charge < -0.3 is 16.2 Å². The number of aromatic nitrogens is 2. The molecule has 0 saturated carbocycles. The number of fused-ring (bicyclic) bond motifs is 1. The lowest BCUT2D eigenvalue weighted by atomic mass is 9.96. The number of rotatable bonds is 4. The van der Waals surface area contributed by atoms with Crippen molar-refractivity contribution in [3.05, 3.63) is 17.1 Å². The Morgan fingerprint density at radius 2 is 2.17 bits per heavy atom. The highest BCUT2D eigenvalue weighted by Gasteiger charge is 2.18. The van der Waals surface area contributed by atoms with Gasteiger partial charge in [-0.05, 0) is 32.6 Å². The number of aryl methyl sites for hydroxylation is 2. The molecule has 1 atom stereocenters. The third-order valence-electron chi connectivity index (χ3n) is 3.09. The van der Waals surface area contributed by atoms with Crippen LogP contribution in [0.4, 0.5) is 5.82 Å². The summed E-state index contributed by atoms with van der Waals surface area (Å²) in [7, 11) is 0. The number of primary amides is 1. The number of nitrogens with two attached hydrogens (primary N) is 1. The summed E-state index contributed by atoms with van der Waals surface area (Å²) in [5, 5.41) is 12.4. The number of nitrogens with zero attached hydrogens (tertiary/aromatic N) is 2. The fourth-order valence-corrected chi connectivity index (χ4v) is 2.16. The van der Waals surface area contributed by atoms with Crippen LogP contribution in [0.2, 0.25) is 0 Å². The lowest BCUT2D eigenvalue weighted by molar-refractivity contribution is -0.125. The van der Waals surface area contributed by atoms with E-state index in [1.54, 1.807) is 0 Å². The molecule has 0 radical (unpaired) electrons. The van der Waals surface area contributed by atoms with Gasteiger partial charge in [0, 0.05) is 11.3 Å². The number of hydrogen-bond donors (Lipinski definition) is 3. The first-order valence-electron chi connectivity index (χ1n) is 6.15. The first-order chi connectivity index (χ1) is 8.58. The number of anilines is 1. The van der Waals surface area contributed by atoms with Crippen LogP contribution in [0.3, 0.4) is 0 Å². The van der Waals surface area contributed by atoms with Gasteiger partial charge in [-0.25, -0.2) is 9.97 Å². The number of carbonyl (C=O) groups is 1. The van der Waals surface area contributed by atoms with Crippen molar-refractivity contribution < 1.29 is 9.90 Å². The number of hydrogen-bond acceptors (Lipinski definition) is 5. The van der Waals surface area contributed by atoms with Crippen molar-refractivity contribution in [2.75, 3.05) is 11.9 Å². The minimum Gasteiger partial charge on any atom is -0.381 e. The van der Waals surface area contributed by atoms with Crippen LogP contribution in [-0.4, -0.2) is 33.6 Å². The molecule has 2 rings (SSSR count). The summed E-state index contributed by atoms with van der Waals surface area (Å²) < 4.78 is 0. The minimum absolute atomic E-state index is 0.0816. The fourth-order valence-electron chi connectivity index (χ4n) is 2.16. The number of aliphatic hydroxyl groups is 1. The zero-order valence-corrected chi connectivity index (χ0v) is 10.4. The van der Waals surface area contributed by atoms with E-state index in [1.807, 2.05) is 6.92 Å². The molecule has 0 bridgehead atoms. The predicted molar refractivity (Wildman–Crippen MR) is 67.1 cm³/mol. The summed E-state index contributed by atoms with van der Waals surface area (Å²) >= 11 is 0. The second-order valence-electron chi connectivity index (χ2n) is 4.55. The van der Waals surface area contributed by atoms with E-state index >= 15 is 0 Å². The Labute approximate surface area is 106 Å². The SMILES string of the molecule is Cc1nc2c(c(NCC(O)C(N)=O)n1)CCCC2. The van der Waals surface area contributed by atoms with E-state index in [0.717, 1.165) is 42.8 Å². The third-order valence-corrected chi connectivity index (χ3v) is 3.09. The van der Waals surface area contributed by atoms with Crippen LogP contribution >= 0.6 is 0 Å². The van der Waals surface area contributed by atoms with Crippen LogP contribution in [0.1, 0.15) is 29.9 Å². The van der Waals surface area contributed by atoms with E-state index in [0.29, 0.717) is 5.82 Å². The van der Waals surface area contributed by atoms with Crippen molar-refractivity contribution in [2.24, 2.45) is 5.73 Å². The van der Waals surface area contributed by atoms with Crippen LogP contribution in [0.25, 0.3) is 0 Å². The molecule has 0 saturated heterocycles. The lowest BCUT2D eigenvalue weighted by Gasteiger charge is -2.19. The summed E-state index contributed by atoms with van der Waals surface area (Å²) in [5.74, 6) is 0.686. The van der Waals surface area contributed by atoms with E-state index < -0.39 is 12.0 Å². The van der Waals surface area contributed by atoms with Gasteiger partial charge in [-0.3, -0.25) is 4.79 Å². The van der Waals surface area contributed by atoms with Gasteiger partial charge >= 0.3 is 0 Å². The Morgan fingerprint density at radius 3 is 2.89 bits per heavy atom. The molecule has 1 unspecified atom stereocenters. The fraction of sp³-hybridized carbons (Fsp3) is 0.583. The molecule has 1 aliphatic rings. The smallest absolute Gasteiger partial charge is 0.248 e. The average Bonchev–Trinajstić information content (AvgIpc) is 2.35. The minimum atomic E-state index is -1.19. The van der Waals surface area contributed by atoms with Crippen LogP contribution in [0.15, 0.2) is 0 Å². The van der Waals surface area contributed by atoms with E-state index in [9.17, 15) is 9.90 Å². The lowest BCUT2D eigenvalue weighted by Crippen LogP contribution is -2.34. The van der Waals surface area contributed by atoms with Gasteiger partial charge in [0.05, 0.1) is 6.54 Å². The molecule has 6 nitrogen and oxygen atoms in total. The van der Waals surface area contributed by atoms with E-state index in [-0.39, 0.29) is 6.54 Å². The molecule has 1 heterocycles. The summed E-state index contributed by atoms with van der Waals surface area (Å²) in [4.78, 5) is 19.5. The molecular formula is C12H18N4O2. The molecule has 6 heteroatoms. The largest absolute Gasteiger partial charge is 0.381 e. The van der Waals surface area contributed by atoms with Gasteiger partial charge in [0.25, 0.3) is 0 Å². The van der Waals surface area contributed by atoms with Crippen molar-refractivity contribution >= 4 is 11.7 Å². The molecule has 0 aromatic carbocycles. The van der Waals surface area contributed by atoms with Crippen molar-refractivity contribution in [3.8, 4) is 0 Å². The first-order valence-corrected chi connectivity index (χ1v) is 6.15. The number of amides is 1. The quantitative estimate of drug-likeness (QED) is 0.694. The van der Waals surface area contributed by atoms with Gasteiger partial charge in [-0.1, -0.05) is 0 Å². The molecule has 0 aliphatic heterocycles. The van der Waals surface area contributed by atoms with Crippen LogP contribution in [0, 0.1) is 6.92 Å². The Bertz CT molecular complexity index is 462. The Kier molecular flexibility index (Phi) is 3.76. The van der Waals surface area contributed by atoms with Gasteiger partial charge in [-0.15, -0.1) is 0 Å². The van der Waals surface area contributed by atoms with Crippen molar-refractivity contribution in [2.45, 2.75) is 38.7 Å². The Hall–Kier alpha value is -1.69. The maximum Gasteiger partial charge on any atom is 0.248 e. The summed E-state index contributed by atoms with van der Waals surface area (Å²) in [6, 6.07) is 0. The van der Waals surface area contributed by atoms with Crippen LogP contribution in [0.5, 0.6) is 0 Å². The topological polar surface area (TPSA) is 101 Å². The van der Waals surface area contributed by atoms with Gasteiger partial charge in [0.15, 0.2) is 0 Å². The maximum atomic E-state index is 10.8. The third kappa shape index (κ3) is 2.76. The monoisotopic (exact) mass is 250 g/mol. The molecule has 0 spiro atoms. The molecular weight excluding hydrogens is 232 g/mol. The first kappa shape index (κ1) is 12.8. The molecule has 0 fully saturated rings. The number of aliphatic hydroxyl groups excluding tert-OH is 1. The normalized spacial score (nSPS) is 15.9. The van der Waals surface area contributed by atoms with Crippen molar-refractivity contribution in [1.29, 1.82) is 0 Å². The molecule has 1 aromatic rings. The second-order valence-corrected chi connectivity index (χ2v) is 4.55. The average molecular weight is 250 g/mol. The van der Waals surface area contributed by atoms with E-state index in [2.05, 4.69) is 15.3 Å². The van der Waals surface area contributed by atoms with Gasteiger partial charge in [0.2, 0.25) is 5.91 Å². The van der Waals surface area contributed by atoms with Crippen LogP contribution < -0.4 is 11.1 Å². The molecule has 4 N–H and O–H groups in total. The predicted octanol–water partition coefficient (Wildman–Crippen LogP) is -0.0781. The summed E-state index contributed by atoms with van der Waals surface area (Å²) in [6.45, 7) is 1.92. The van der Waals surface area contributed by atoms with Gasteiger partial charge in [-0.2, -0.15) is 0 Å². The molecule has 1 amide bonds. The zero-order valence-electron chi connectivity index (χ0n) is 10.4. The number of nitrogens with one attached hydrogen (secondary N) is 1. The van der Waals surface area contributed by atoms with E-state index in [1.165, 1.54) is 0 Å². The molecule has 1 aliphatic carbocycles. The maximum absolute atomic E-state index is 10.8. The Morgan fingerprint density at radius 1 is 1.44 bits per heavy atom. The standard InChI is InChI=1S/C12H18N4O2/c1-7-15-9-5-3-2-4-8(9)12(16-7)14-6-10(17)11(13)18/h10,17H,2-6H2,1H3,(H2,13,18)(H,14,15,16). The van der Waals surface area contributed by atoms with E-state index in [4.69, 9.17) is 5.73 Å². The molecule has 18 heavy (non-hydrogen) atoms. The Balaban J connectivity index is 2.16. The highest BCUT2D eigenvalue weighted by molar-refractivity contribution is 5.79. The molecule has 98 valence electrons. The van der Waals surface area contributed by atoms with Crippen LogP contribution in [-0.2, 0) is 17.6 Å². The summed E-state index contributed by atoms with van der Waals surface area (Å²) in [5.41, 5.74) is 7.18. The zero-order chi connectivity index (χ0) is 13.1. The molecule has 1 aromatic heterocycles. The highest BCUT2D eigenvalue weighted by atomic mass is 16.3. The van der Waals surface area contributed by atoms with Crippen molar-refractivity contribution in [1.82, 2.24) is 9.97 Å². The number of carbonyl (C=O) groups excluding carboxylic acids is 1. The summed E-state index contributed by atoms with van der Waals surface area (Å²) in [6.07, 6.45) is 2.97. The van der Waals surface area contributed by atoms with Crippen molar-refractivity contribution in [3.63, 3.8) is 0 Å². The van der Waals surface area contributed by atoms with Gasteiger partial charge in [0.1, 0.15) is 17.7 Å².